The van der Waals surface area contributed by atoms with E-state index < -0.39 is 34.4 Å². The third-order valence-electron chi connectivity index (χ3n) is 4.53. The maximum absolute atomic E-state index is 13.0. The molecule has 0 aromatic heterocycles. The summed E-state index contributed by atoms with van der Waals surface area (Å²) in [6, 6.07) is 8.60. The van der Waals surface area contributed by atoms with Gasteiger partial charge in [-0.2, -0.15) is 4.31 Å². The molecule has 2 aromatic carbocycles. The van der Waals surface area contributed by atoms with Crippen molar-refractivity contribution in [1.82, 2.24) is 4.31 Å². The van der Waals surface area contributed by atoms with Gasteiger partial charge in [-0.3, -0.25) is 4.79 Å². The van der Waals surface area contributed by atoms with Gasteiger partial charge in [-0.1, -0.05) is 12.1 Å². The lowest BCUT2D eigenvalue weighted by atomic mass is 10.1. The highest BCUT2D eigenvalue weighted by molar-refractivity contribution is 7.89. The highest BCUT2D eigenvalue weighted by atomic mass is 32.2. The molecule has 0 atom stereocenters. The Bertz CT molecular complexity index is 1110. The third kappa shape index (κ3) is 4.84. The molecule has 0 saturated heterocycles. The van der Waals surface area contributed by atoms with Gasteiger partial charge in [0.25, 0.3) is 0 Å². The van der Waals surface area contributed by atoms with E-state index in [9.17, 15) is 27.9 Å². The number of likely N-dealkylation sites (N-methyl/N-ethyl adjacent to an activating group) is 1. The van der Waals surface area contributed by atoms with E-state index in [1.807, 2.05) is 0 Å². The number of hydrogen-bond donors (Lipinski definition) is 2. The first kappa shape index (κ1) is 23.0. The van der Waals surface area contributed by atoms with Crippen molar-refractivity contribution in [2.75, 3.05) is 26.0 Å². The van der Waals surface area contributed by atoms with Crippen LogP contribution in [0.3, 0.4) is 0 Å². The van der Waals surface area contributed by atoms with E-state index in [2.05, 4.69) is 10.1 Å². The molecule has 0 saturated carbocycles. The maximum Gasteiger partial charge on any atom is 0.339 e. The molecule has 2 N–H and O–H groups in total. The molecular weight excluding hydrogens is 412 g/mol. The van der Waals surface area contributed by atoms with Crippen molar-refractivity contribution in [1.29, 1.82) is 0 Å². The van der Waals surface area contributed by atoms with Gasteiger partial charge in [0.1, 0.15) is 0 Å². The van der Waals surface area contributed by atoms with Gasteiger partial charge in [0.05, 0.1) is 35.4 Å². The summed E-state index contributed by atoms with van der Waals surface area (Å²) < 4.78 is 31.4. The highest BCUT2D eigenvalue weighted by Crippen LogP contribution is 2.24. The van der Waals surface area contributed by atoms with Gasteiger partial charge in [0.15, 0.2) is 0 Å². The van der Waals surface area contributed by atoms with Gasteiger partial charge in [-0.25, -0.2) is 18.0 Å². The van der Waals surface area contributed by atoms with Crippen molar-refractivity contribution in [3.63, 3.8) is 0 Å². The fourth-order valence-electron chi connectivity index (χ4n) is 2.74. The van der Waals surface area contributed by atoms with Crippen LogP contribution in [0.1, 0.15) is 31.8 Å². The van der Waals surface area contributed by atoms with Crippen LogP contribution in [-0.4, -0.2) is 56.4 Å². The van der Waals surface area contributed by atoms with Crippen LogP contribution in [0.5, 0.6) is 0 Å². The van der Waals surface area contributed by atoms with E-state index in [4.69, 9.17) is 0 Å². The lowest BCUT2D eigenvalue weighted by Gasteiger charge is -2.20. The molecule has 160 valence electrons. The van der Waals surface area contributed by atoms with Gasteiger partial charge in [-0.15, -0.1) is 0 Å². The zero-order valence-electron chi connectivity index (χ0n) is 16.9. The van der Waals surface area contributed by atoms with Gasteiger partial charge < -0.3 is 15.2 Å². The molecular formula is C20H22N2O7S. The number of amides is 1. The number of methoxy groups -OCH3 is 1. The first-order valence-electron chi connectivity index (χ1n) is 8.77. The van der Waals surface area contributed by atoms with E-state index >= 15 is 0 Å². The number of carboxylic acids is 1. The summed E-state index contributed by atoms with van der Waals surface area (Å²) >= 11 is 0. The van der Waals surface area contributed by atoms with Crippen molar-refractivity contribution in [2.45, 2.75) is 18.7 Å². The number of ether oxygens (including phenoxy) is 1. The normalized spacial score (nSPS) is 11.2. The molecule has 2 aromatic rings. The summed E-state index contributed by atoms with van der Waals surface area (Å²) in [6.07, 6.45) is 0. The van der Waals surface area contributed by atoms with Gasteiger partial charge >= 0.3 is 11.9 Å². The number of rotatable bonds is 7. The lowest BCUT2D eigenvalue weighted by molar-refractivity contribution is -0.116. The van der Waals surface area contributed by atoms with E-state index in [-0.39, 0.29) is 21.7 Å². The first-order valence-corrected chi connectivity index (χ1v) is 10.2. The molecule has 0 spiro atoms. The minimum atomic E-state index is -4.15. The minimum Gasteiger partial charge on any atom is -0.478 e. The van der Waals surface area contributed by atoms with E-state index in [0.717, 1.165) is 10.4 Å². The van der Waals surface area contributed by atoms with Crippen molar-refractivity contribution in [2.24, 2.45) is 0 Å². The number of anilines is 1. The fraction of sp³-hybridized carbons (Fsp3) is 0.250. The molecule has 0 unspecified atom stereocenters. The number of esters is 1. The van der Waals surface area contributed by atoms with Crippen molar-refractivity contribution < 1.29 is 32.6 Å². The number of benzene rings is 2. The second kappa shape index (κ2) is 9.06. The number of nitrogens with zero attached hydrogens (tertiary/aromatic N) is 1. The topological polar surface area (TPSA) is 130 Å². The number of nitrogens with one attached hydrogen (secondary N) is 1. The van der Waals surface area contributed by atoms with Crippen LogP contribution in [0.15, 0.2) is 41.3 Å². The standard InChI is InChI=1S/C20H22N2O7S/c1-12-9-14(19(24)25)10-17(13(12)2)30(27,28)22(3)11-18(23)21-16-8-6-5-7-15(16)20(26)29-4/h5-10H,11H2,1-4H3,(H,21,23)(H,24,25). The quantitative estimate of drug-likeness (QED) is 0.638. The summed E-state index contributed by atoms with van der Waals surface area (Å²) in [7, 11) is -1.73. The van der Waals surface area contributed by atoms with Crippen molar-refractivity contribution >= 4 is 33.6 Å². The second-order valence-electron chi connectivity index (χ2n) is 6.57. The smallest absolute Gasteiger partial charge is 0.339 e. The number of sulfonamides is 1. The number of carbonyl (C=O) groups is 3. The van der Waals surface area contributed by atoms with E-state index in [1.54, 1.807) is 26.0 Å². The van der Waals surface area contributed by atoms with Crippen LogP contribution in [-0.2, 0) is 19.6 Å². The van der Waals surface area contributed by atoms with Crippen LogP contribution >= 0.6 is 0 Å². The molecule has 0 aliphatic carbocycles. The summed E-state index contributed by atoms with van der Waals surface area (Å²) in [5, 5.41) is 11.7. The van der Waals surface area contributed by atoms with Crippen LogP contribution in [0.2, 0.25) is 0 Å². The van der Waals surface area contributed by atoms with Crippen LogP contribution in [0.4, 0.5) is 5.69 Å². The number of carboxylic acid groups (broad SMARTS) is 1. The monoisotopic (exact) mass is 434 g/mol. The Morgan fingerprint density at radius 2 is 1.77 bits per heavy atom. The largest absolute Gasteiger partial charge is 0.478 e. The Balaban J connectivity index is 2.28. The summed E-state index contributed by atoms with van der Waals surface area (Å²) in [4.78, 5) is 35.3. The predicted molar refractivity (Wildman–Crippen MR) is 109 cm³/mol. The summed E-state index contributed by atoms with van der Waals surface area (Å²) in [6.45, 7) is 2.62. The summed E-state index contributed by atoms with van der Waals surface area (Å²) in [5.41, 5.74) is 1.03. The molecule has 0 aliphatic heterocycles. The van der Waals surface area contributed by atoms with Crippen LogP contribution in [0.25, 0.3) is 0 Å². The fourth-order valence-corrected chi connectivity index (χ4v) is 4.19. The molecule has 0 fully saturated rings. The molecule has 0 heterocycles. The number of aromatic carboxylic acids is 1. The minimum absolute atomic E-state index is 0.125. The van der Waals surface area contributed by atoms with E-state index in [0.29, 0.717) is 11.1 Å². The van der Waals surface area contributed by atoms with Gasteiger partial charge in [-0.05, 0) is 49.2 Å². The first-order chi connectivity index (χ1) is 14.0. The Hall–Kier alpha value is -3.24. The molecule has 2 rings (SSSR count). The molecule has 30 heavy (non-hydrogen) atoms. The van der Waals surface area contributed by atoms with Gasteiger partial charge in [0, 0.05) is 7.05 Å². The zero-order chi connectivity index (χ0) is 22.6. The van der Waals surface area contributed by atoms with Gasteiger partial charge in [0.2, 0.25) is 15.9 Å². The molecule has 9 nitrogen and oxygen atoms in total. The summed E-state index contributed by atoms with van der Waals surface area (Å²) in [5.74, 6) is -2.58. The van der Waals surface area contributed by atoms with Crippen LogP contribution in [0, 0.1) is 13.8 Å². The predicted octanol–water partition coefficient (Wildman–Crippen LogP) is 2.05. The molecule has 0 bridgehead atoms. The Labute approximate surface area is 174 Å². The van der Waals surface area contributed by atoms with Crippen LogP contribution < -0.4 is 5.32 Å². The average molecular weight is 434 g/mol. The van der Waals surface area contributed by atoms with E-state index in [1.165, 1.54) is 32.4 Å². The second-order valence-corrected chi connectivity index (χ2v) is 8.58. The molecule has 1 amide bonds. The molecule has 0 aliphatic rings. The SMILES string of the molecule is COC(=O)c1ccccc1NC(=O)CN(C)S(=O)(=O)c1cc(C(=O)O)cc(C)c1C. The van der Waals surface area contributed by atoms with Crippen molar-refractivity contribution in [3.8, 4) is 0 Å². The Kier molecular flexibility index (Phi) is 6.96. The zero-order valence-corrected chi connectivity index (χ0v) is 17.7. The number of para-hydroxylation sites is 1. The lowest BCUT2D eigenvalue weighted by Crippen LogP contribution is -2.35. The van der Waals surface area contributed by atoms with Crippen molar-refractivity contribution in [3.05, 3.63) is 58.7 Å². The Morgan fingerprint density at radius 3 is 2.37 bits per heavy atom. The molecule has 10 heteroatoms. The average Bonchev–Trinajstić information content (AvgIpc) is 2.69. The Morgan fingerprint density at radius 1 is 1.13 bits per heavy atom. The third-order valence-corrected chi connectivity index (χ3v) is 6.46. The number of carbonyl (C=O) groups excluding carboxylic acids is 2. The highest BCUT2D eigenvalue weighted by Gasteiger charge is 2.27. The number of aryl methyl sites for hydroxylation is 1. The molecule has 0 radical (unpaired) electrons. The number of hydrogen-bond acceptors (Lipinski definition) is 6. The maximum atomic E-state index is 13.0.